The molecule has 30 heavy (non-hydrogen) atoms. The molecule has 0 aromatic heterocycles. The number of rotatable bonds is 7. The first-order valence-electron chi connectivity index (χ1n) is 12.0. The second-order valence-electron chi connectivity index (χ2n) is 6.75. The van der Waals surface area contributed by atoms with Crippen molar-refractivity contribution in [2.45, 2.75) is 26.4 Å². The predicted octanol–water partition coefficient (Wildman–Crippen LogP) is 3.40. The first-order chi connectivity index (χ1) is 16.4. The van der Waals surface area contributed by atoms with Gasteiger partial charge in [0.2, 0.25) is 0 Å². The number of anilines is 1. The number of ether oxygens (including phenoxy) is 2. The quantitative estimate of drug-likeness (QED) is 0.645. The van der Waals surface area contributed by atoms with Gasteiger partial charge >= 0.3 is 0 Å². The first kappa shape index (κ1) is 16.4. The number of amides is 1. The summed E-state index contributed by atoms with van der Waals surface area (Å²) in [7, 11) is 0. The van der Waals surface area contributed by atoms with Crippen LogP contribution in [-0.2, 0) is 11.2 Å². The SMILES string of the molecule is [2H]c1c([2H])c(C([2H])([2H])N2CCOC(CNC(=O)c3cc(Cl)c(N)cc3OCC)C2)c(C)c([2H])c1F. The van der Waals surface area contributed by atoms with Crippen LogP contribution in [0.5, 0.6) is 5.75 Å². The van der Waals surface area contributed by atoms with Crippen LogP contribution in [0.3, 0.4) is 0 Å². The molecule has 0 spiro atoms. The van der Waals surface area contributed by atoms with Crippen molar-refractivity contribution in [1.29, 1.82) is 0 Å². The maximum atomic E-state index is 14.0. The average molecular weight is 441 g/mol. The number of nitrogens with two attached hydrogens (primary N) is 1. The van der Waals surface area contributed by atoms with Crippen molar-refractivity contribution in [3.63, 3.8) is 0 Å². The van der Waals surface area contributed by atoms with Crippen molar-refractivity contribution in [1.82, 2.24) is 10.2 Å². The van der Waals surface area contributed by atoms with Gasteiger partial charge in [-0.2, -0.15) is 0 Å². The summed E-state index contributed by atoms with van der Waals surface area (Å²) in [5, 5.41) is 2.94. The fourth-order valence-corrected chi connectivity index (χ4v) is 3.17. The number of hydrogen-bond acceptors (Lipinski definition) is 5. The number of nitrogen functional groups attached to an aromatic ring is 1. The number of benzene rings is 2. The minimum atomic E-state index is -2.26. The van der Waals surface area contributed by atoms with E-state index in [4.69, 9.17) is 33.7 Å². The van der Waals surface area contributed by atoms with Crippen molar-refractivity contribution in [3.8, 4) is 5.75 Å². The minimum absolute atomic E-state index is 0.0338. The summed E-state index contributed by atoms with van der Waals surface area (Å²) in [6.07, 6.45) is -0.594. The highest BCUT2D eigenvalue weighted by Gasteiger charge is 2.23. The number of nitrogens with one attached hydrogen (secondary N) is 1. The Labute approximate surface area is 188 Å². The predicted molar refractivity (Wildman–Crippen MR) is 116 cm³/mol. The molecule has 8 heteroatoms. The van der Waals surface area contributed by atoms with E-state index >= 15 is 0 Å². The lowest BCUT2D eigenvalue weighted by Gasteiger charge is -2.33. The Balaban J connectivity index is 1.76. The summed E-state index contributed by atoms with van der Waals surface area (Å²) in [6.45, 7) is 1.58. The monoisotopic (exact) mass is 440 g/mol. The van der Waals surface area contributed by atoms with Crippen LogP contribution in [0, 0.1) is 12.7 Å². The van der Waals surface area contributed by atoms with Crippen LogP contribution in [0.25, 0.3) is 0 Å². The zero-order chi connectivity index (χ0) is 26.1. The summed E-state index contributed by atoms with van der Waals surface area (Å²) >= 11 is 6.06. The van der Waals surface area contributed by atoms with Gasteiger partial charge in [0, 0.05) is 34.9 Å². The molecule has 1 aliphatic rings. The van der Waals surface area contributed by atoms with Gasteiger partial charge in [-0.15, -0.1) is 0 Å². The summed E-state index contributed by atoms with van der Waals surface area (Å²) < 4.78 is 66.3. The van der Waals surface area contributed by atoms with Gasteiger partial charge in [-0.25, -0.2) is 4.39 Å². The van der Waals surface area contributed by atoms with Crippen LogP contribution >= 0.6 is 11.6 Å². The molecular formula is C22H27ClFN3O3. The van der Waals surface area contributed by atoms with Gasteiger partial charge < -0.3 is 20.5 Å². The van der Waals surface area contributed by atoms with Crippen LogP contribution in [0.2, 0.25) is 5.02 Å². The molecule has 162 valence electrons. The number of carbonyl (C=O) groups excluding carboxylic acids is 1. The van der Waals surface area contributed by atoms with Crippen molar-refractivity contribution < 1.29 is 25.5 Å². The Hall–Kier alpha value is -2.35. The van der Waals surface area contributed by atoms with Gasteiger partial charge in [0.05, 0.1) is 39.7 Å². The van der Waals surface area contributed by atoms with Gasteiger partial charge in [-0.3, -0.25) is 9.69 Å². The lowest BCUT2D eigenvalue weighted by molar-refractivity contribution is -0.0293. The molecule has 1 fully saturated rings. The Morgan fingerprint density at radius 1 is 1.53 bits per heavy atom. The molecule has 1 atom stereocenters. The molecule has 1 heterocycles. The number of morpholine rings is 1. The van der Waals surface area contributed by atoms with Gasteiger partial charge in [-0.1, -0.05) is 17.6 Å². The van der Waals surface area contributed by atoms with Crippen LogP contribution in [-0.4, -0.2) is 49.8 Å². The van der Waals surface area contributed by atoms with Gasteiger partial charge in [0.1, 0.15) is 11.6 Å². The molecule has 1 aliphatic heterocycles. The number of carbonyl (C=O) groups is 1. The normalized spacial score (nSPS) is 19.9. The molecule has 6 nitrogen and oxygen atoms in total. The molecule has 3 rings (SSSR count). The number of halogens is 2. The van der Waals surface area contributed by atoms with E-state index in [9.17, 15) is 9.18 Å². The highest BCUT2D eigenvalue weighted by Crippen LogP contribution is 2.29. The van der Waals surface area contributed by atoms with E-state index in [1.165, 1.54) is 24.0 Å². The molecular weight excluding hydrogens is 409 g/mol. The lowest BCUT2D eigenvalue weighted by Crippen LogP contribution is -2.47. The lowest BCUT2D eigenvalue weighted by atomic mass is 10.1. The van der Waals surface area contributed by atoms with Gasteiger partial charge in [0.15, 0.2) is 0 Å². The molecule has 1 amide bonds. The zero-order valence-electron chi connectivity index (χ0n) is 21.8. The number of hydrogen-bond donors (Lipinski definition) is 2. The zero-order valence-corrected chi connectivity index (χ0v) is 17.5. The largest absolute Gasteiger partial charge is 0.493 e. The third kappa shape index (κ3) is 5.62. The van der Waals surface area contributed by atoms with E-state index in [2.05, 4.69) is 5.32 Å². The minimum Gasteiger partial charge on any atom is -0.493 e. The molecule has 1 saturated heterocycles. The van der Waals surface area contributed by atoms with E-state index in [0.29, 0.717) is 6.61 Å². The average Bonchev–Trinajstić information content (AvgIpc) is 2.82. The highest BCUT2D eigenvalue weighted by atomic mass is 35.5. The third-order valence-electron chi connectivity index (χ3n) is 4.51. The Morgan fingerprint density at radius 2 is 2.33 bits per heavy atom. The smallest absolute Gasteiger partial charge is 0.255 e. The molecule has 0 saturated carbocycles. The van der Waals surface area contributed by atoms with Crippen LogP contribution in [0.4, 0.5) is 10.1 Å². The highest BCUT2D eigenvalue weighted by molar-refractivity contribution is 6.33. The molecule has 3 N–H and O–H groups in total. The maximum absolute atomic E-state index is 14.0. The summed E-state index contributed by atoms with van der Waals surface area (Å²) in [6, 6.07) is 0.867. The van der Waals surface area contributed by atoms with Crippen molar-refractivity contribution in [2.75, 3.05) is 38.6 Å². The van der Waals surface area contributed by atoms with E-state index in [-0.39, 0.29) is 59.4 Å². The summed E-state index contributed by atoms with van der Waals surface area (Å²) in [4.78, 5) is 14.2. The second-order valence-corrected chi connectivity index (χ2v) is 7.16. The third-order valence-corrected chi connectivity index (χ3v) is 4.84. The van der Waals surface area contributed by atoms with Crippen molar-refractivity contribution in [2.24, 2.45) is 0 Å². The van der Waals surface area contributed by atoms with Crippen molar-refractivity contribution >= 4 is 23.2 Å². The van der Waals surface area contributed by atoms with E-state index in [1.807, 2.05) is 0 Å². The van der Waals surface area contributed by atoms with Gasteiger partial charge in [0.25, 0.3) is 5.91 Å². The van der Waals surface area contributed by atoms with Crippen molar-refractivity contribution in [3.05, 3.63) is 57.8 Å². The van der Waals surface area contributed by atoms with Crippen LogP contribution in [0.15, 0.2) is 30.3 Å². The van der Waals surface area contributed by atoms with Crippen LogP contribution in [0.1, 0.15) is 35.3 Å². The summed E-state index contributed by atoms with van der Waals surface area (Å²) in [5.41, 5.74) is 6.01. The Kier molecular flexibility index (Phi) is 5.51. The fraction of sp³-hybridized carbons (Fsp3) is 0.409. The standard InChI is InChI=1S/C22H27ClFN3O3/c1-3-29-21-10-20(25)19(23)9-18(21)22(28)26-11-17-13-27(6-7-30-17)12-15-4-5-16(24)8-14(15)2/h4-5,8-10,17H,3,6-7,11-13,25H2,1-2H3,(H,26,28)/i4D,5D,8D,12D2. The van der Waals surface area contributed by atoms with E-state index < -0.39 is 42.5 Å². The topological polar surface area (TPSA) is 76.8 Å². The van der Waals surface area contributed by atoms with Crippen LogP contribution < -0.4 is 15.8 Å². The molecule has 2 aromatic rings. The first-order valence-corrected chi connectivity index (χ1v) is 9.90. The van der Waals surface area contributed by atoms with Gasteiger partial charge in [-0.05, 0) is 43.1 Å². The fourth-order valence-electron chi connectivity index (χ4n) is 3.01. The maximum Gasteiger partial charge on any atom is 0.255 e. The van der Waals surface area contributed by atoms with E-state index in [1.54, 1.807) is 6.92 Å². The Bertz CT molecular complexity index is 1110. The molecule has 0 aliphatic carbocycles. The Morgan fingerprint density at radius 3 is 3.10 bits per heavy atom. The molecule has 2 aromatic carbocycles. The molecule has 0 radical (unpaired) electrons. The summed E-state index contributed by atoms with van der Waals surface area (Å²) in [5.74, 6) is -1.34. The number of nitrogens with zero attached hydrogens (tertiary/aromatic N) is 1. The van der Waals surface area contributed by atoms with E-state index in [0.717, 1.165) is 0 Å². The second kappa shape index (κ2) is 10.1. The molecule has 1 unspecified atom stereocenters. The molecule has 0 bridgehead atoms.